The van der Waals surface area contributed by atoms with Gasteiger partial charge in [0.05, 0.1) is 11.4 Å². The van der Waals surface area contributed by atoms with Gasteiger partial charge < -0.3 is 15.5 Å². The number of carbonyl (C=O) groups is 1. The Hall–Kier alpha value is -1.62. The topological polar surface area (TPSA) is 62.5 Å². The van der Waals surface area contributed by atoms with Crippen LogP contribution in [0.1, 0.15) is 18.5 Å². The lowest BCUT2D eigenvalue weighted by Crippen LogP contribution is -2.43. The zero-order valence-corrected chi connectivity index (χ0v) is 11.0. The molecule has 0 saturated carbocycles. The van der Waals surface area contributed by atoms with Crippen LogP contribution in [-0.4, -0.2) is 42.5 Å². The molecule has 1 aliphatic rings. The molecule has 5 heteroatoms. The maximum atomic E-state index is 12.2. The first-order valence-electron chi connectivity index (χ1n) is 6.27. The zero-order chi connectivity index (χ0) is 13.1. The van der Waals surface area contributed by atoms with Crippen LogP contribution in [0.4, 0.5) is 5.69 Å². The van der Waals surface area contributed by atoms with Crippen molar-refractivity contribution >= 4 is 11.6 Å². The molecular formula is C13H20N4O. The number of likely N-dealkylation sites (N-methyl/N-ethyl adjacent to an activating group) is 1. The molecule has 1 amide bonds. The van der Waals surface area contributed by atoms with Crippen molar-refractivity contribution in [2.24, 2.45) is 5.73 Å². The van der Waals surface area contributed by atoms with E-state index in [0.717, 1.165) is 30.8 Å². The number of amides is 1. The third kappa shape index (κ3) is 2.31. The summed E-state index contributed by atoms with van der Waals surface area (Å²) in [5, 5.41) is 0. The fraction of sp³-hybridized carbons (Fsp3) is 0.538. The molecule has 1 unspecified atom stereocenters. The third-order valence-corrected chi connectivity index (χ3v) is 3.35. The summed E-state index contributed by atoms with van der Waals surface area (Å²) >= 11 is 0. The molecule has 5 nitrogen and oxygen atoms in total. The van der Waals surface area contributed by atoms with Crippen LogP contribution < -0.4 is 10.6 Å². The summed E-state index contributed by atoms with van der Waals surface area (Å²) in [5.41, 5.74) is 7.57. The van der Waals surface area contributed by atoms with Crippen molar-refractivity contribution < 1.29 is 4.79 Å². The molecule has 1 aliphatic heterocycles. The van der Waals surface area contributed by atoms with Crippen LogP contribution in [0.3, 0.4) is 0 Å². The minimum Gasteiger partial charge on any atom is -0.358 e. The molecule has 1 atom stereocenters. The molecule has 0 bridgehead atoms. The van der Waals surface area contributed by atoms with Crippen molar-refractivity contribution in [1.82, 2.24) is 9.88 Å². The van der Waals surface area contributed by atoms with E-state index in [1.165, 1.54) is 0 Å². The maximum Gasteiger partial charge on any atom is 0.244 e. The lowest BCUT2D eigenvalue weighted by Gasteiger charge is -2.29. The summed E-state index contributed by atoms with van der Waals surface area (Å²) in [6.07, 6.45) is 3.67. The molecule has 18 heavy (non-hydrogen) atoms. The Morgan fingerprint density at radius 2 is 2.39 bits per heavy atom. The van der Waals surface area contributed by atoms with Gasteiger partial charge >= 0.3 is 0 Å². The highest BCUT2D eigenvalue weighted by atomic mass is 16.2. The van der Waals surface area contributed by atoms with Crippen LogP contribution >= 0.6 is 0 Å². The van der Waals surface area contributed by atoms with Gasteiger partial charge in [0.25, 0.3) is 0 Å². The Morgan fingerprint density at radius 1 is 1.61 bits per heavy atom. The van der Waals surface area contributed by atoms with E-state index in [1.54, 1.807) is 25.2 Å². The standard InChI is InChI=1S/C13H20N4O/c1-16(2)13(18)12-6-4-8-17(12)11-5-3-7-15-10(11)9-14/h3,5,7,12H,4,6,8-9,14H2,1-2H3. The van der Waals surface area contributed by atoms with Gasteiger partial charge in [-0.1, -0.05) is 0 Å². The molecule has 0 spiro atoms. The average molecular weight is 248 g/mol. The number of hydrogen-bond acceptors (Lipinski definition) is 4. The van der Waals surface area contributed by atoms with Gasteiger partial charge in [-0.2, -0.15) is 0 Å². The van der Waals surface area contributed by atoms with E-state index >= 15 is 0 Å². The SMILES string of the molecule is CN(C)C(=O)C1CCCN1c1cccnc1CN. The molecule has 1 saturated heterocycles. The Kier molecular flexibility index (Phi) is 3.81. The number of hydrogen-bond donors (Lipinski definition) is 1. The molecule has 0 aromatic carbocycles. The van der Waals surface area contributed by atoms with Crippen molar-refractivity contribution in [3.05, 3.63) is 24.0 Å². The van der Waals surface area contributed by atoms with Crippen molar-refractivity contribution in [1.29, 1.82) is 0 Å². The van der Waals surface area contributed by atoms with Crippen LogP contribution in [0, 0.1) is 0 Å². The Balaban J connectivity index is 2.29. The Morgan fingerprint density at radius 3 is 3.06 bits per heavy atom. The minimum absolute atomic E-state index is 0.0745. The normalized spacial score (nSPS) is 19.1. The van der Waals surface area contributed by atoms with Gasteiger partial charge in [0.2, 0.25) is 5.91 Å². The number of aromatic nitrogens is 1. The number of anilines is 1. The van der Waals surface area contributed by atoms with Crippen molar-refractivity contribution in [2.75, 3.05) is 25.5 Å². The van der Waals surface area contributed by atoms with Gasteiger partial charge in [-0.05, 0) is 25.0 Å². The molecule has 1 aromatic rings. The lowest BCUT2D eigenvalue weighted by molar-refractivity contribution is -0.129. The monoisotopic (exact) mass is 248 g/mol. The van der Waals surface area contributed by atoms with Crippen LogP contribution in [-0.2, 0) is 11.3 Å². The smallest absolute Gasteiger partial charge is 0.244 e. The summed E-state index contributed by atoms with van der Waals surface area (Å²) in [7, 11) is 3.60. The van der Waals surface area contributed by atoms with E-state index in [9.17, 15) is 4.79 Å². The first kappa shape index (κ1) is 12.8. The van der Waals surface area contributed by atoms with Gasteiger partial charge in [0.1, 0.15) is 6.04 Å². The zero-order valence-electron chi connectivity index (χ0n) is 11.0. The predicted molar refractivity (Wildman–Crippen MR) is 71.2 cm³/mol. The highest BCUT2D eigenvalue weighted by Crippen LogP contribution is 2.28. The number of pyridine rings is 1. The van der Waals surface area contributed by atoms with Crippen molar-refractivity contribution in [3.63, 3.8) is 0 Å². The van der Waals surface area contributed by atoms with Gasteiger partial charge in [0.15, 0.2) is 0 Å². The third-order valence-electron chi connectivity index (χ3n) is 3.35. The van der Waals surface area contributed by atoms with Crippen LogP contribution in [0.25, 0.3) is 0 Å². The summed E-state index contributed by atoms with van der Waals surface area (Å²) in [6, 6.07) is 3.81. The molecular weight excluding hydrogens is 228 g/mol. The number of rotatable bonds is 3. The van der Waals surface area contributed by atoms with Crippen molar-refractivity contribution in [2.45, 2.75) is 25.4 Å². The fourth-order valence-corrected chi connectivity index (χ4v) is 2.46. The number of carbonyl (C=O) groups excluding carboxylic acids is 1. The molecule has 0 radical (unpaired) electrons. The molecule has 98 valence electrons. The molecule has 2 heterocycles. The predicted octanol–water partition coefficient (Wildman–Crippen LogP) is 0.597. The largest absolute Gasteiger partial charge is 0.358 e. The molecule has 1 aromatic heterocycles. The first-order chi connectivity index (χ1) is 8.65. The molecule has 2 N–H and O–H groups in total. The highest BCUT2D eigenvalue weighted by Gasteiger charge is 2.32. The van der Waals surface area contributed by atoms with Crippen LogP contribution in [0.5, 0.6) is 0 Å². The van der Waals surface area contributed by atoms with E-state index in [2.05, 4.69) is 9.88 Å². The number of nitrogens with zero attached hydrogens (tertiary/aromatic N) is 3. The van der Waals surface area contributed by atoms with Gasteiger partial charge in [0, 0.05) is 33.4 Å². The van der Waals surface area contributed by atoms with E-state index < -0.39 is 0 Å². The Bertz CT molecular complexity index is 433. The maximum absolute atomic E-state index is 12.2. The summed E-state index contributed by atoms with van der Waals surface area (Å²) < 4.78 is 0. The summed E-state index contributed by atoms with van der Waals surface area (Å²) in [4.78, 5) is 20.2. The van der Waals surface area contributed by atoms with E-state index in [-0.39, 0.29) is 11.9 Å². The van der Waals surface area contributed by atoms with E-state index in [0.29, 0.717) is 6.54 Å². The van der Waals surface area contributed by atoms with Gasteiger partial charge in [-0.25, -0.2) is 0 Å². The Labute approximate surface area is 108 Å². The van der Waals surface area contributed by atoms with Gasteiger partial charge in [-0.3, -0.25) is 9.78 Å². The molecule has 1 fully saturated rings. The highest BCUT2D eigenvalue weighted by molar-refractivity contribution is 5.85. The van der Waals surface area contributed by atoms with E-state index in [4.69, 9.17) is 5.73 Å². The number of nitrogens with two attached hydrogens (primary N) is 1. The summed E-state index contributed by atoms with van der Waals surface area (Å²) in [5.74, 6) is 0.152. The molecule has 2 rings (SSSR count). The van der Waals surface area contributed by atoms with Crippen LogP contribution in [0.2, 0.25) is 0 Å². The second-order valence-electron chi connectivity index (χ2n) is 4.76. The van der Waals surface area contributed by atoms with Crippen molar-refractivity contribution in [3.8, 4) is 0 Å². The lowest BCUT2D eigenvalue weighted by atomic mass is 10.1. The minimum atomic E-state index is -0.0745. The second-order valence-corrected chi connectivity index (χ2v) is 4.76. The molecule has 0 aliphatic carbocycles. The van der Waals surface area contributed by atoms with Crippen LogP contribution in [0.15, 0.2) is 18.3 Å². The quantitative estimate of drug-likeness (QED) is 0.850. The fourth-order valence-electron chi connectivity index (χ4n) is 2.46. The average Bonchev–Trinajstić information content (AvgIpc) is 2.86. The first-order valence-corrected chi connectivity index (χ1v) is 6.27. The van der Waals surface area contributed by atoms with Gasteiger partial charge in [-0.15, -0.1) is 0 Å². The second kappa shape index (κ2) is 5.35. The summed E-state index contributed by atoms with van der Waals surface area (Å²) in [6.45, 7) is 1.29. The van der Waals surface area contributed by atoms with E-state index in [1.807, 2.05) is 12.1 Å².